The summed E-state index contributed by atoms with van der Waals surface area (Å²) in [6.45, 7) is 3.67. The molecule has 5 nitrogen and oxygen atoms in total. The minimum Gasteiger partial charge on any atom is -0.451 e. The first-order valence-electron chi connectivity index (χ1n) is 9.92. The Labute approximate surface area is 168 Å². The van der Waals surface area contributed by atoms with E-state index in [1.54, 1.807) is 13.1 Å². The summed E-state index contributed by atoms with van der Waals surface area (Å²) >= 11 is 0. The molecule has 1 aromatic carbocycles. The van der Waals surface area contributed by atoms with Crippen molar-refractivity contribution in [3.63, 3.8) is 0 Å². The number of halogens is 1. The molecule has 1 saturated carbocycles. The van der Waals surface area contributed by atoms with Crippen LogP contribution in [0.2, 0.25) is 0 Å². The minimum absolute atomic E-state index is 0.157. The lowest BCUT2D eigenvalue weighted by Gasteiger charge is -2.23. The molecule has 0 atom stereocenters. The molecular weight excluding hydrogens is 369 g/mol. The van der Waals surface area contributed by atoms with Crippen molar-refractivity contribution in [2.75, 3.05) is 5.32 Å². The van der Waals surface area contributed by atoms with Crippen LogP contribution in [-0.4, -0.2) is 15.6 Å². The van der Waals surface area contributed by atoms with E-state index in [0.29, 0.717) is 23.0 Å². The lowest BCUT2D eigenvalue weighted by atomic mass is 9.95. The summed E-state index contributed by atoms with van der Waals surface area (Å²) in [5.74, 6) is 0.923. The van der Waals surface area contributed by atoms with Crippen LogP contribution in [0.25, 0.3) is 17.1 Å². The van der Waals surface area contributed by atoms with Gasteiger partial charge >= 0.3 is 0 Å². The number of nitrogens with zero attached hydrogens (tertiary/aromatic N) is 2. The highest BCUT2D eigenvalue weighted by Crippen LogP contribution is 2.27. The van der Waals surface area contributed by atoms with E-state index in [0.717, 1.165) is 24.0 Å². The Kier molecular flexibility index (Phi) is 5.34. The van der Waals surface area contributed by atoms with E-state index >= 15 is 0 Å². The Bertz CT molecular complexity index is 1120. The highest BCUT2D eigenvalue weighted by molar-refractivity contribution is 5.78. The van der Waals surface area contributed by atoms with Gasteiger partial charge < -0.3 is 10.1 Å². The van der Waals surface area contributed by atoms with Crippen LogP contribution in [0, 0.1) is 5.82 Å². The zero-order chi connectivity index (χ0) is 20.4. The van der Waals surface area contributed by atoms with Crippen LogP contribution in [0.1, 0.15) is 37.7 Å². The second-order valence-corrected chi connectivity index (χ2v) is 7.45. The standard InChI is InChI=1S/C23H24FN3O2/c1-3-15-13-17(24)10-11-19(15)29-20-14-16-9-12-21(25-18-7-5-4-6-8-18)26-22(16)27(2)23(20)28/h3,9-14,18H,1,4-8H2,2H3,(H,25,26). The number of anilines is 1. The molecule has 1 fully saturated rings. The Morgan fingerprint density at radius 1 is 1.17 bits per heavy atom. The molecule has 29 heavy (non-hydrogen) atoms. The number of hydrogen-bond donors (Lipinski definition) is 1. The van der Waals surface area contributed by atoms with Gasteiger partial charge in [0.1, 0.15) is 23.0 Å². The number of benzene rings is 1. The molecule has 0 spiro atoms. The van der Waals surface area contributed by atoms with Gasteiger partial charge in [0.15, 0.2) is 5.75 Å². The first-order chi connectivity index (χ1) is 14.0. The number of ether oxygens (including phenoxy) is 1. The lowest BCUT2D eigenvalue weighted by Crippen LogP contribution is -2.23. The smallest absolute Gasteiger partial charge is 0.294 e. The van der Waals surface area contributed by atoms with E-state index in [1.807, 2.05) is 12.1 Å². The number of aryl methyl sites for hydroxylation is 1. The van der Waals surface area contributed by atoms with Gasteiger partial charge in [-0.15, -0.1) is 0 Å². The quantitative estimate of drug-likeness (QED) is 0.643. The number of nitrogens with one attached hydrogen (secondary N) is 1. The molecule has 0 amide bonds. The number of hydrogen-bond acceptors (Lipinski definition) is 4. The summed E-state index contributed by atoms with van der Waals surface area (Å²) in [7, 11) is 1.67. The average molecular weight is 393 g/mol. The Balaban J connectivity index is 1.67. The third-order valence-corrected chi connectivity index (χ3v) is 5.39. The van der Waals surface area contributed by atoms with Gasteiger partial charge in [-0.2, -0.15) is 0 Å². The second-order valence-electron chi connectivity index (χ2n) is 7.45. The molecule has 2 aromatic heterocycles. The molecule has 0 saturated heterocycles. The Morgan fingerprint density at radius 2 is 1.97 bits per heavy atom. The van der Waals surface area contributed by atoms with Gasteiger partial charge in [0.05, 0.1) is 0 Å². The predicted octanol–water partition coefficient (Wildman–Crippen LogP) is 5.25. The van der Waals surface area contributed by atoms with E-state index in [9.17, 15) is 9.18 Å². The molecule has 0 aliphatic heterocycles. The van der Waals surface area contributed by atoms with Crippen molar-refractivity contribution in [2.24, 2.45) is 7.05 Å². The lowest BCUT2D eigenvalue weighted by molar-refractivity contribution is 0.462. The monoisotopic (exact) mass is 393 g/mol. The van der Waals surface area contributed by atoms with Crippen molar-refractivity contribution < 1.29 is 9.13 Å². The second kappa shape index (κ2) is 8.07. The molecule has 4 rings (SSSR count). The minimum atomic E-state index is -0.388. The van der Waals surface area contributed by atoms with Crippen LogP contribution >= 0.6 is 0 Å². The summed E-state index contributed by atoms with van der Waals surface area (Å²) in [4.78, 5) is 17.5. The van der Waals surface area contributed by atoms with Gasteiger partial charge in [0.25, 0.3) is 5.56 Å². The SMILES string of the molecule is C=Cc1cc(F)ccc1Oc1cc2ccc(NC3CCCCC3)nc2n(C)c1=O. The highest BCUT2D eigenvalue weighted by Gasteiger charge is 2.15. The van der Waals surface area contributed by atoms with Crippen LogP contribution in [0.3, 0.4) is 0 Å². The van der Waals surface area contributed by atoms with Crippen molar-refractivity contribution in [1.82, 2.24) is 9.55 Å². The van der Waals surface area contributed by atoms with Crippen molar-refractivity contribution in [2.45, 2.75) is 38.1 Å². The van der Waals surface area contributed by atoms with Crippen LogP contribution in [-0.2, 0) is 7.05 Å². The van der Waals surface area contributed by atoms with Crippen LogP contribution < -0.4 is 15.6 Å². The zero-order valence-corrected chi connectivity index (χ0v) is 16.5. The molecule has 1 aliphatic rings. The van der Waals surface area contributed by atoms with E-state index in [-0.39, 0.29) is 17.1 Å². The summed E-state index contributed by atoms with van der Waals surface area (Å²) in [5, 5.41) is 4.28. The number of aromatic nitrogens is 2. The molecule has 0 radical (unpaired) electrons. The topological polar surface area (TPSA) is 56.1 Å². The summed E-state index contributed by atoms with van der Waals surface area (Å²) in [5.41, 5.74) is 0.766. The highest BCUT2D eigenvalue weighted by atomic mass is 19.1. The summed E-state index contributed by atoms with van der Waals surface area (Å²) in [6.07, 6.45) is 7.56. The molecule has 3 aromatic rings. The van der Waals surface area contributed by atoms with E-state index in [4.69, 9.17) is 4.74 Å². The van der Waals surface area contributed by atoms with E-state index in [1.165, 1.54) is 48.1 Å². The number of rotatable bonds is 5. The van der Waals surface area contributed by atoms with E-state index < -0.39 is 0 Å². The Hall–Kier alpha value is -3.15. The molecule has 6 heteroatoms. The number of fused-ring (bicyclic) bond motifs is 1. The number of pyridine rings is 2. The summed E-state index contributed by atoms with van der Waals surface area (Å²) < 4.78 is 20.7. The van der Waals surface area contributed by atoms with Crippen molar-refractivity contribution in [3.05, 3.63) is 64.7 Å². The molecular formula is C23H24FN3O2. The fraction of sp³-hybridized carbons (Fsp3) is 0.304. The maximum atomic E-state index is 13.4. The maximum absolute atomic E-state index is 13.4. The van der Waals surface area contributed by atoms with Crippen LogP contribution in [0.4, 0.5) is 10.2 Å². The normalized spacial score (nSPS) is 14.7. The van der Waals surface area contributed by atoms with Crippen molar-refractivity contribution >= 4 is 22.9 Å². The van der Waals surface area contributed by atoms with Gasteiger partial charge in [-0.3, -0.25) is 9.36 Å². The van der Waals surface area contributed by atoms with Gasteiger partial charge in [-0.05, 0) is 49.2 Å². The van der Waals surface area contributed by atoms with Crippen LogP contribution in [0.15, 0.2) is 47.8 Å². The molecule has 1 N–H and O–H groups in total. The molecule has 150 valence electrons. The zero-order valence-electron chi connectivity index (χ0n) is 16.5. The fourth-order valence-corrected chi connectivity index (χ4v) is 3.80. The molecule has 2 heterocycles. The first-order valence-corrected chi connectivity index (χ1v) is 9.92. The van der Waals surface area contributed by atoms with Crippen LogP contribution in [0.5, 0.6) is 11.5 Å². The largest absolute Gasteiger partial charge is 0.451 e. The van der Waals surface area contributed by atoms with Crippen molar-refractivity contribution in [3.8, 4) is 11.5 Å². The summed E-state index contributed by atoms with van der Waals surface area (Å²) in [6, 6.07) is 10.1. The van der Waals surface area contributed by atoms with Crippen molar-refractivity contribution in [1.29, 1.82) is 0 Å². The third-order valence-electron chi connectivity index (χ3n) is 5.39. The average Bonchev–Trinajstić information content (AvgIpc) is 2.74. The first kappa shape index (κ1) is 19.2. The van der Waals surface area contributed by atoms with Gasteiger partial charge in [0.2, 0.25) is 0 Å². The van der Waals surface area contributed by atoms with E-state index in [2.05, 4.69) is 16.9 Å². The fourth-order valence-electron chi connectivity index (χ4n) is 3.80. The van der Waals surface area contributed by atoms with Gasteiger partial charge in [0, 0.05) is 24.0 Å². The predicted molar refractivity (Wildman–Crippen MR) is 114 cm³/mol. The van der Waals surface area contributed by atoms with Gasteiger partial charge in [-0.1, -0.05) is 31.9 Å². The molecule has 1 aliphatic carbocycles. The molecule has 0 unspecified atom stereocenters. The third kappa shape index (κ3) is 4.01. The maximum Gasteiger partial charge on any atom is 0.294 e. The van der Waals surface area contributed by atoms with Gasteiger partial charge in [-0.25, -0.2) is 9.37 Å². The Morgan fingerprint density at radius 3 is 2.72 bits per heavy atom. The molecule has 0 bridgehead atoms.